The van der Waals surface area contributed by atoms with E-state index in [2.05, 4.69) is 32.0 Å². The summed E-state index contributed by atoms with van der Waals surface area (Å²) in [5, 5.41) is 1.76. The normalized spacial score (nSPS) is 13.8. The smallest absolute Gasteiger partial charge is 0.266 e. The third kappa shape index (κ3) is 2.13. The molecule has 0 radical (unpaired) electrons. The molecule has 0 unspecified atom stereocenters. The number of benzene rings is 2. The Labute approximate surface area is 162 Å². The molecule has 0 aliphatic heterocycles. The summed E-state index contributed by atoms with van der Waals surface area (Å²) in [6.07, 6.45) is 4.12. The number of aryl methyl sites for hydroxylation is 3. The summed E-state index contributed by atoms with van der Waals surface area (Å²) in [5.41, 5.74) is 4.15. The first-order valence-electron chi connectivity index (χ1n) is 10.5. The van der Waals surface area contributed by atoms with E-state index in [-0.39, 0.29) is 0 Å². The number of imidazole rings is 1. The second-order valence-electron chi connectivity index (χ2n) is 7.03. The first kappa shape index (κ1) is 13.0. The molecule has 3 heterocycles. The molecule has 5 aromatic rings. The summed E-state index contributed by atoms with van der Waals surface area (Å²) in [6, 6.07) is 18.2. The van der Waals surface area contributed by atoms with Gasteiger partial charge in [-0.15, -0.1) is 0 Å². The van der Waals surface area contributed by atoms with Gasteiger partial charge in [-0.1, -0.05) is 36.4 Å². The molecule has 2 aromatic carbocycles. The van der Waals surface area contributed by atoms with Crippen LogP contribution in [0.4, 0.5) is 0 Å². The van der Waals surface area contributed by atoms with Gasteiger partial charge in [-0.2, -0.15) is 0 Å². The molecule has 0 aliphatic rings. The standard InChI is InChI=1S/C23H23N4/c1-16-17(2)25(4)23-22(16)19-12-8-9-13-20(19)27(23)21-14-26(15-24(21)3)18-10-6-5-7-11-18/h5-15H,1-4H3/q+1/i1D3. The molecule has 27 heavy (non-hydrogen) atoms. The molecule has 5 rings (SSSR count). The maximum Gasteiger partial charge on any atom is 0.266 e. The Morgan fingerprint density at radius 2 is 1.74 bits per heavy atom. The van der Waals surface area contributed by atoms with Crippen molar-refractivity contribution in [3.63, 3.8) is 0 Å². The van der Waals surface area contributed by atoms with Crippen LogP contribution < -0.4 is 4.57 Å². The summed E-state index contributed by atoms with van der Waals surface area (Å²) < 4.78 is 32.8. The van der Waals surface area contributed by atoms with Crippen LogP contribution in [0.2, 0.25) is 0 Å². The van der Waals surface area contributed by atoms with E-state index in [4.69, 9.17) is 4.11 Å². The number of nitrogens with zero attached hydrogens (tertiary/aromatic N) is 4. The van der Waals surface area contributed by atoms with Crippen molar-refractivity contribution < 1.29 is 8.68 Å². The van der Waals surface area contributed by atoms with E-state index in [9.17, 15) is 0 Å². The predicted molar refractivity (Wildman–Crippen MR) is 110 cm³/mol. The van der Waals surface area contributed by atoms with E-state index in [1.54, 1.807) is 0 Å². The van der Waals surface area contributed by atoms with Gasteiger partial charge in [-0.3, -0.25) is 0 Å². The molecule has 0 saturated carbocycles. The minimum absolute atomic E-state index is 0.431. The van der Waals surface area contributed by atoms with E-state index in [0.717, 1.165) is 39.1 Å². The number of hydrogen-bond acceptors (Lipinski definition) is 0. The molecule has 134 valence electrons. The molecular formula is C23H23N4+. The number of aromatic nitrogens is 4. The minimum atomic E-state index is -2.18. The molecular weight excluding hydrogens is 332 g/mol. The summed E-state index contributed by atoms with van der Waals surface area (Å²) in [4.78, 5) is 0. The highest BCUT2D eigenvalue weighted by Gasteiger charge is 2.25. The maximum atomic E-state index is 8.16. The van der Waals surface area contributed by atoms with Gasteiger partial charge in [-0.05, 0) is 37.5 Å². The van der Waals surface area contributed by atoms with E-state index >= 15 is 0 Å². The van der Waals surface area contributed by atoms with Crippen LogP contribution in [-0.2, 0) is 14.1 Å². The molecule has 0 spiro atoms. The largest absolute Gasteiger partial charge is 0.321 e. The number of para-hydroxylation sites is 2. The first-order chi connectivity index (χ1) is 14.3. The second kappa shape index (κ2) is 5.61. The van der Waals surface area contributed by atoms with Crippen LogP contribution in [-0.4, -0.2) is 13.7 Å². The summed E-state index contributed by atoms with van der Waals surface area (Å²) in [6.45, 7) is -0.299. The molecule has 4 heteroatoms. The molecule has 4 nitrogen and oxygen atoms in total. The van der Waals surface area contributed by atoms with E-state index in [1.165, 1.54) is 0 Å². The van der Waals surface area contributed by atoms with Crippen LogP contribution in [0.25, 0.3) is 33.4 Å². The second-order valence-corrected chi connectivity index (χ2v) is 7.03. The lowest BCUT2D eigenvalue weighted by Gasteiger charge is -2.04. The van der Waals surface area contributed by atoms with Crippen molar-refractivity contribution in [2.45, 2.75) is 13.8 Å². The van der Waals surface area contributed by atoms with Crippen LogP contribution in [0, 0.1) is 13.8 Å². The molecule has 0 N–H and O–H groups in total. The van der Waals surface area contributed by atoms with Crippen LogP contribution in [0.1, 0.15) is 15.4 Å². The highest BCUT2D eigenvalue weighted by atomic mass is 15.2. The molecule has 0 aliphatic carbocycles. The molecule has 0 saturated heterocycles. The SMILES string of the molecule is [2H]C([2H])([2H])c1c(C)n(C)c2c1c1ccccc1n2-c1cn(-c2ccccc2)c[n+]1C. The monoisotopic (exact) mass is 358 g/mol. The van der Waals surface area contributed by atoms with Crippen molar-refractivity contribution in [2.75, 3.05) is 0 Å². The zero-order valence-electron chi connectivity index (χ0n) is 18.6. The van der Waals surface area contributed by atoms with E-state index in [0.29, 0.717) is 5.56 Å². The van der Waals surface area contributed by atoms with Crippen molar-refractivity contribution >= 4 is 21.9 Å². The highest BCUT2D eigenvalue weighted by molar-refractivity contribution is 6.10. The van der Waals surface area contributed by atoms with Gasteiger partial charge in [0.05, 0.1) is 7.05 Å². The van der Waals surface area contributed by atoms with Crippen molar-refractivity contribution in [3.05, 3.63) is 78.4 Å². The number of rotatable bonds is 2. The highest BCUT2D eigenvalue weighted by Crippen LogP contribution is 2.35. The first-order valence-corrected chi connectivity index (χ1v) is 9.01. The van der Waals surface area contributed by atoms with E-state index < -0.39 is 6.85 Å². The summed E-state index contributed by atoms with van der Waals surface area (Å²) in [5.74, 6) is 0.961. The Hall–Kier alpha value is -3.27. The van der Waals surface area contributed by atoms with Crippen molar-refractivity contribution in [2.24, 2.45) is 14.1 Å². The lowest BCUT2D eigenvalue weighted by Crippen LogP contribution is -2.30. The fourth-order valence-electron chi connectivity index (χ4n) is 3.98. The third-order valence-corrected chi connectivity index (χ3v) is 5.48. The van der Waals surface area contributed by atoms with Gasteiger partial charge in [0.1, 0.15) is 17.4 Å². The molecule has 0 amide bonds. The third-order valence-electron chi connectivity index (χ3n) is 5.48. The lowest BCUT2D eigenvalue weighted by molar-refractivity contribution is -0.664. The van der Waals surface area contributed by atoms with Gasteiger partial charge in [0.2, 0.25) is 0 Å². The topological polar surface area (TPSA) is 18.7 Å². The Bertz CT molecular complexity index is 1400. The molecule has 0 fully saturated rings. The van der Waals surface area contributed by atoms with Crippen LogP contribution in [0.15, 0.2) is 67.1 Å². The van der Waals surface area contributed by atoms with Gasteiger partial charge < -0.3 is 4.57 Å². The van der Waals surface area contributed by atoms with Gasteiger partial charge in [-0.25, -0.2) is 13.7 Å². The quantitative estimate of drug-likeness (QED) is 0.418. The molecule has 0 atom stereocenters. The average Bonchev–Trinajstić information content (AvgIpc) is 3.33. The van der Waals surface area contributed by atoms with Crippen molar-refractivity contribution in [1.82, 2.24) is 13.7 Å². The zero-order valence-corrected chi connectivity index (χ0v) is 15.6. The summed E-state index contributed by atoms with van der Waals surface area (Å²) in [7, 11) is 3.95. The van der Waals surface area contributed by atoms with Crippen LogP contribution in [0.3, 0.4) is 0 Å². The molecule has 0 bridgehead atoms. The minimum Gasteiger partial charge on any atom is -0.321 e. The van der Waals surface area contributed by atoms with Gasteiger partial charge >= 0.3 is 0 Å². The van der Waals surface area contributed by atoms with Gasteiger partial charge in [0.15, 0.2) is 12.0 Å². The fraction of sp³-hybridized carbons (Fsp3) is 0.174. The average molecular weight is 358 g/mol. The van der Waals surface area contributed by atoms with Crippen molar-refractivity contribution in [3.8, 4) is 11.5 Å². The van der Waals surface area contributed by atoms with Gasteiger partial charge in [0, 0.05) is 27.6 Å². The zero-order chi connectivity index (χ0) is 21.2. The Morgan fingerprint density at radius 1 is 1.00 bits per heavy atom. The molecule has 3 aromatic heterocycles. The van der Waals surface area contributed by atoms with Crippen LogP contribution in [0.5, 0.6) is 0 Å². The van der Waals surface area contributed by atoms with E-state index in [1.807, 2.05) is 74.4 Å². The number of fused-ring (bicyclic) bond motifs is 3. The van der Waals surface area contributed by atoms with Crippen molar-refractivity contribution in [1.29, 1.82) is 0 Å². The Kier molecular flexibility index (Phi) is 2.70. The Morgan fingerprint density at radius 3 is 2.52 bits per heavy atom. The number of hydrogen-bond donors (Lipinski definition) is 0. The predicted octanol–water partition coefficient (Wildman–Crippen LogP) is 4.35. The maximum absolute atomic E-state index is 8.16. The van der Waals surface area contributed by atoms with Gasteiger partial charge in [0.25, 0.3) is 5.82 Å². The summed E-state index contributed by atoms with van der Waals surface area (Å²) >= 11 is 0. The van der Waals surface area contributed by atoms with Crippen LogP contribution >= 0.6 is 0 Å². The fourth-order valence-corrected chi connectivity index (χ4v) is 3.98. The Balaban J connectivity index is 1.90. The lowest BCUT2D eigenvalue weighted by atomic mass is 10.1.